The molecule has 0 amide bonds. The highest BCUT2D eigenvalue weighted by Crippen LogP contribution is 2.37. The van der Waals surface area contributed by atoms with Crippen LogP contribution in [-0.4, -0.2) is 30.5 Å². The highest BCUT2D eigenvalue weighted by atomic mass is 16.5. The number of ether oxygens (including phenoxy) is 1. The average molecular weight is 265 g/mol. The molecule has 0 atom stereocenters. The van der Waals surface area contributed by atoms with Gasteiger partial charge >= 0.3 is 0 Å². The summed E-state index contributed by atoms with van der Waals surface area (Å²) in [4.78, 5) is 0. The van der Waals surface area contributed by atoms with Crippen molar-refractivity contribution in [2.24, 2.45) is 5.41 Å². The van der Waals surface area contributed by atoms with E-state index in [1.54, 1.807) is 13.2 Å². The first-order chi connectivity index (χ1) is 9.21. The molecule has 1 aliphatic carbocycles. The predicted molar refractivity (Wildman–Crippen MR) is 74.4 cm³/mol. The number of nitrogens with one attached hydrogen (secondary N) is 1. The molecule has 1 aliphatic rings. The molecule has 0 aromatic heterocycles. The molecular formula is C15H23NO3. The van der Waals surface area contributed by atoms with E-state index in [1.165, 1.54) is 12.8 Å². The number of aromatic hydroxyl groups is 1. The van der Waals surface area contributed by atoms with Crippen LogP contribution in [0.4, 0.5) is 0 Å². The number of aliphatic hydroxyl groups excluding tert-OH is 1. The maximum atomic E-state index is 9.99. The maximum absolute atomic E-state index is 9.99. The number of phenols is 1. The third-order valence-electron chi connectivity index (χ3n) is 4.12. The summed E-state index contributed by atoms with van der Waals surface area (Å²) in [6.07, 6.45) is 4.57. The SMILES string of the molecule is COc1cccc(CNCC2(CO)CCCC2)c1O. The Labute approximate surface area is 114 Å². The lowest BCUT2D eigenvalue weighted by atomic mass is 9.87. The molecule has 2 rings (SSSR count). The van der Waals surface area contributed by atoms with Crippen molar-refractivity contribution in [2.75, 3.05) is 20.3 Å². The molecule has 0 heterocycles. The Kier molecular flexibility index (Phi) is 4.66. The largest absolute Gasteiger partial charge is 0.504 e. The Morgan fingerprint density at radius 1 is 1.32 bits per heavy atom. The third kappa shape index (κ3) is 3.19. The van der Waals surface area contributed by atoms with Crippen LogP contribution >= 0.6 is 0 Å². The fraction of sp³-hybridized carbons (Fsp3) is 0.600. The molecule has 4 heteroatoms. The molecule has 4 nitrogen and oxygen atoms in total. The molecule has 0 unspecified atom stereocenters. The zero-order valence-corrected chi connectivity index (χ0v) is 11.5. The van der Waals surface area contributed by atoms with E-state index in [9.17, 15) is 10.2 Å². The molecule has 0 bridgehead atoms. The number of hydrogen-bond donors (Lipinski definition) is 3. The van der Waals surface area contributed by atoms with Gasteiger partial charge in [0.25, 0.3) is 0 Å². The van der Waals surface area contributed by atoms with Crippen LogP contribution in [0.3, 0.4) is 0 Å². The highest BCUT2D eigenvalue weighted by molar-refractivity contribution is 5.45. The Balaban J connectivity index is 1.92. The van der Waals surface area contributed by atoms with Crippen LogP contribution in [-0.2, 0) is 6.54 Å². The van der Waals surface area contributed by atoms with Gasteiger partial charge in [-0.3, -0.25) is 0 Å². The van der Waals surface area contributed by atoms with E-state index in [0.29, 0.717) is 12.3 Å². The van der Waals surface area contributed by atoms with Crippen LogP contribution in [0.15, 0.2) is 18.2 Å². The summed E-state index contributed by atoms with van der Waals surface area (Å²) in [7, 11) is 1.55. The lowest BCUT2D eigenvalue weighted by Gasteiger charge is -2.26. The van der Waals surface area contributed by atoms with Gasteiger partial charge in [-0.1, -0.05) is 25.0 Å². The summed E-state index contributed by atoms with van der Waals surface area (Å²) in [6.45, 7) is 1.62. The van der Waals surface area contributed by atoms with Gasteiger partial charge < -0.3 is 20.3 Å². The second-order valence-electron chi connectivity index (χ2n) is 5.44. The first-order valence-electron chi connectivity index (χ1n) is 6.87. The summed E-state index contributed by atoms with van der Waals surface area (Å²) in [5.41, 5.74) is 0.861. The molecule has 1 saturated carbocycles. The number of methoxy groups -OCH3 is 1. The van der Waals surface area contributed by atoms with E-state index < -0.39 is 0 Å². The minimum Gasteiger partial charge on any atom is -0.504 e. The molecular weight excluding hydrogens is 242 g/mol. The Bertz CT molecular complexity index is 414. The molecule has 0 spiro atoms. The van der Waals surface area contributed by atoms with Gasteiger partial charge in [0.2, 0.25) is 0 Å². The van der Waals surface area contributed by atoms with Crippen LogP contribution in [0.25, 0.3) is 0 Å². The molecule has 1 aromatic rings. The average Bonchev–Trinajstić information content (AvgIpc) is 2.90. The number of hydrogen-bond acceptors (Lipinski definition) is 4. The summed E-state index contributed by atoms with van der Waals surface area (Å²) in [5.74, 6) is 0.694. The van der Waals surface area contributed by atoms with Crippen molar-refractivity contribution >= 4 is 0 Å². The summed E-state index contributed by atoms with van der Waals surface area (Å²) in [6, 6.07) is 5.49. The van der Waals surface area contributed by atoms with Crippen LogP contribution in [0, 0.1) is 5.41 Å². The fourth-order valence-electron chi connectivity index (χ4n) is 2.85. The van der Waals surface area contributed by atoms with E-state index >= 15 is 0 Å². The predicted octanol–water partition coefficient (Wildman–Crippen LogP) is 2.04. The Morgan fingerprint density at radius 2 is 2.05 bits per heavy atom. The minimum atomic E-state index is 0.0362. The smallest absolute Gasteiger partial charge is 0.162 e. The first kappa shape index (κ1) is 14.2. The van der Waals surface area contributed by atoms with Gasteiger partial charge in [-0.15, -0.1) is 0 Å². The zero-order chi connectivity index (χ0) is 13.7. The third-order valence-corrected chi connectivity index (χ3v) is 4.12. The van der Waals surface area contributed by atoms with E-state index in [4.69, 9.17) is 4.74 Å². The zero-order valence-electron chi connectivity index (χ0n) is 11.5. The number of phenolic OH excluding ortho intramolecular Hbond substituents is 1. The van der Waals surface area contributed by atoms with E-state index in [0.717, 1.165) is 24.9 Å². The van der Waals surface area contributed by atoms with Crippen LogP contribution in [0.2, 0.25) is 0 Å². The highest BCUT2D eigenvalue weighted by Gasteiger charge is 2.32. The van der Waals surface area contributed by atoms with Gasteiger partial charge in [-0.2, -0.15) is 0 Å². The topological polar surface area (TPSA) is 61.7 Å². The number of para-hydroxylation sites is 1. The van der Waals surface area contributed by atoms with Gasteiger partial charge in [0.1, 0.15) is 0 Å². The van der Waals surface area contributed by atoms with Crippen molar-refractivity contribution < 1.29 is 14.9 Å². The van der Waals surface area contributed by atoms with E-state index in [2.05, 4.69) is 5.32 Å². The fourth-order valence-corrected chi connectivity index (χ4v) is 2.85. The van der Waals surface area contributed by atoms with Gasteiger partial charge in [0.05, 0.1) is 7.11 Å². The van der Waals surface area contributed by atoms with E-state index in [1.807, 2.05) is 12.1 Å². The van der Waals surface area contributed by atoms with Gasteiger partial charge in [-0.05, 0) is 18.9 Å². The van der Waals surface area contributed by atoms with Crippen LogP contribution in [0.1, 0.15) is 31.2 Å². The maximum Gasteiger partial charge on any atom is 0.162 e. The van der Waals surface area contributed by atoms with Crippen molar-refractivity contribution in [3.63, 3.8) is 0 Å². The Morgan fingerprint density at radius 3 is 2.68 bits per heavy atom. The number of rotatable bonds is 6. The van der Waals surface area contributed by atoms with Gasteiger partial charge in [-0.25, -0.2) is 0 Å². The molecule has 106 valence electrons. The molecule has 0 aliphatic heterocycles. The van der Waals surface area contributed by atoms with Crippen molar-refractivity contribution in [3.05, 3.63) is 23.8 Å². The lowest BCUT2D eigenvalue weighted by molar-refractivity contribution is 0.128. The number of aliphatic hydroxyl groups is 1. The standard InChI is InChI=1S/C15H23NO3/c1-19-13-6-4-5-12(14(13)18)9-16-10-15(11-17)7-2-3-8-15/h4-6,16-18H,2-3,7-11H2,1H3. The molecule has 3 N–H and O–H groups in total. The van der Waals surface area contributed by atoms with Gasteiger partial charge in [0.15, 0.2) is 11.5 Å². The molecule has 0 saturated heterocycles. The van der Waals surface area contributed by atoms with Crippen LogP contribution < -0.4 is 10.1 Å². The van der Waals surface area contributed by atoms with Crippen molar-refractivity contribution in [3.8, 4) is 11.5 Å². The lowest BCUT2D eigenvalue weighted by Crippen LogP contribution is -2.34. The summed E-state index contributed by atoms with van der Waals surface area (Å²) in [5, 5.41) is 22.9. The van der Waals surface area contributed by atoms with E-state index in [-0.39, 0.29) is 17.8 Å². The van der Waals surface area contributed by atoms with Crippen LogP contribution in [0.5, 0.6) is 11.5 Å². The second-order valence-corrected chi connectivity index (χ2v) is 5.44. The number of benzene rings is 1. The molecule has 1 fully saturated rings. The molecule has 19 heavy (non-hydrogen) atoms. The first-order valence-corrected chi connectivity index (χ1v) is 6.87. The van der Waals surface area contributed by atoms with Crippen molar-refractivity contribution in [2.45, 2.75) is 32.2 Å². The summed E-state index contributed by atoms with van der Waals surface area (Å²) >= 11 is 0. The van der Waals surface area contributed by atoms with Gasteiger partial charge in [0, 0.05) is 30.7 Å². The normalized spacial score (nSPS) is 17.6. The second kappa shape index (κ2) is 6.26. The quantitative estimate of drug-likeness (QED) is 0.736. The molecule has 0 radical (unpaired) electrons. The monoisotopic (exact) mass is 265 g/mol. The Hall–Kier alpha value is -1.26. The van der Waals surface area contributed by atoms with Crippen molar-refractivity contribution in [1.29, 1.82) is 0 Å². The van der Waals surface area contributed by atoms with Crippen molar-refractivity contribution in [1.82, 2.24) is 5.32 Å². The summed E-state index contributed by atoms with van der Waals surface area (Å²) < 4.78 is 5.09. The minimum absolute atomic E-state index is 0.0362. The molecule has 1 aromatic carbocycles.